The minimum atomic E-state index is -0.337. The second-order valence-corrected chi connectivity index (χ2v) is 14.7. The Bertz CT molecular complexity index is 2140. The van der Waals surface area contributed by atoms with Gasteiger partial charge in [0.15, 0.2) is 5.78 Å². The van der Waals surface area contributed by atoms with Crippen LogP contribution in [0.25, 0.3) is 53.0 Å². The zero-order valence-corrected chi connectivity index (χ0v) is 33.0. The Morgan fingerprint density at radius 2 is 1.51 bits per heavy atom. The fourth-order valence-electron chi connectivity index (χ4n) is 6.24. The Kier molecular flexibility index (Phi) is 12.2. The van der Waals surface area contributed by atoms with Crippen LogP contribution in [-0.4, -0.2) is 15.9 Å². The van der Waals surface area contributed by atoms with E-state index in [1.807, 2.05) is 59.9 Å². The molecule has 0 aliphatic heterocycles. The molecule has 0 atom stereocenters. The summed E-state index contributed by atoms with van der Waals surface area (Å²) in [5.74, 6) is 0.455. The van der Waals surface area contributed by atoms with Crippen LogP contribution in [0.5, 0.6) is 0 Å². The van der Waals surface area contributed by atoms with Crippen LogP contribution >= 0.6 is 11.3 Å². The van der Waals surface area contributed by atoms with Gasteiger partial charge in [0.05, 0.1) is 4.70 Å². The third kappa shape index (κ3) is 7.38. The summed E-state index contributed by atoms with van der Waals surface area (Å²) < 4.78 is 16.2. The summed E-state index contributed by atoms with van der Waals surface area (Å²) in [7, 11) is 0. The van der Waals surface area contributed by atoms with E-state index in [-0.39, 0.29) is 48.3 Å². The first-order chi connectivity index (χ1) is 22.9. The molecule has 6 aromatic rings. The molecule has 0 fully saturated rings. The van der Waals surface area contributed by atoms with Crippen LogP contribution in [0, 0.1) is 22.7 Å². The molecule has 4 aromatic carbocycles. The molecule has 3 nitrogen and oxygen atoms in total. The fourth-order valence-corrected chi connectivity index (χ4v) is 7.45. The average Bonchev–Trinajstić information content (AvgIpc) is 3.50. The van der Waals surface area contributed by atoms with Crippen LogP contribution in [-0.2, 0) is 24.9 Å². The molecule has 6 heteroatoms. The van der Waals surface area contributed by atoms with Gasteiger partial charge in [0.1, 0.15) is 11.6 Å². The van der Waals surface area contributed by atoms with Crippen LogP contribution < -0.4 is 0 Å². The van der Waals surface area contributed by atoms with Crippen molar-refractivity contribution in [2.45, 2.75) is 87.0 Å². The molecule has 0 spiro atoms. The van der Waals surface area contributed by atoms with Crippen LogP contribution in [0.4, 0.5) is 4.39 Å². The van der Waals surface area contributed by atoms with Crippen molar-refractivity contribution in [3.63, 3.8) is 0 Å². The van der Waals surface area contributed by atoms with E-state index in [9.17, 15) is 14.3 Å². The summed E-state index contributed by atoms with van der Waals surface area (Å²) in [4.78, 5) is 16.9. The Hall–Kier alpha value is -3.44. The number of rotatable bonds is 9. The van der Waals surface area contributed by atoms with Crippen molar-refractivity contribution >= 4 is 58.8 Å². The molecule has 0 unspecified atom stereocenters. The van der Waals surface area contributed by atoms with Crippen molar-refractivity contribution < 1.29 is 34.4 Å². The van der Waals surface area contributed by atoms with Crippen LogP contribution in [0.2, 0.25) is 0 Å². The SMILES string of the molecule is CC(C)c1cc(-c2nccc3c2sc2c(F)cccc23)[c-]c2ccc3ccccc3c12.CCC(C)(CC)C(=O)/C=C(\O)C(C)(CC)CC.[Ir]. The molecule has 0 amide bonds. The first-order valence-corrected chi connectivity index (χ1v) is 18.0. The van der Waals surface area contributed by atoms with Crippen molar-refractivity contribution in [3.8, 4) is 11.3 Å². The number of benzene rings is 4. The number of carbonyl (C=O) groups excluding carboxylic acids is 1. The molecule has 0 saturated heterocycles. The maximum Gasteiger partial charge on any atom is 0.164 e. The van der Waals surface area contributed by atoms with Gasteiger partial charge in [0, 0.05) is 59.0 Å². The Morgan fingerprint density at radius 1 is 0.878 bits per heavy atom. The quantitative estimate of drug-likeness (QED) is 0.0682. The smallest absolute Gasteiger partial charge is 0.164 e. The van der Waals surface area contributed by atoms with Crippen molar-refractivity contribution in [1.29, 1.82) is 0 Å². The number of ketones is 1. The third-order valence-corrected chi connectivity index (χ3v) is 11.9. The van der Waals surface area contributed by atoms with Crippen LogP contribution in [0.15, 0.2) is 84.8 Å². The third-order valence-electron chi connectivity index (χ3n) is 10.6. The molecule has 0 saturated carbocycles. The van der Waals surface area contributed by atoms with Crippen molar-refractivity contribution in [3.05, 3.63) is 102 Å². The molecule has 49 heavy (non-hydrogen) atoms. The second kappa shape index (κ2) is 15.6. The van der Waals surface area contributed by atoms with E-state index in [4.69, 9.17) is 4.98 Å². The van der Waals surface area contributed by atoms with Gasteiger partial charge < -0.3 is 5.11 Å². The number of halogens is 1. The van der Waals surface area contributed by atoms with Crippen molar-refractivity contribution in [1.82, 2.24) is 4.98 Å². The molecule has 0 aliphatic rings. The Balaban J connectivity index is 0.000000260. The summed E-state index contributed by atoms with van der Waals surface area (Å²) >= 11 is 1.47. The molecule has 2 heterocycles. The normalized spacial score (nSPS) is 12.4. The molecule has 0 aliphatic carbocycles. The fraction of sp³-hybridized carbons (Fsp3) is 0.349. The standard InChI is InChI=1S/C28H19FNS.C15H28O2.Ir/c1-16(2)23-15-19(14-18-11-10-17-6-3-4-7-20(17)25(18)23)26-28-22(12-13-30-26)21-8-5-9-24(29)27(21)31-28;1-7-14(5,8-2)12(16)11-13(17)15(6,9-3)10-4;/h3-13,15-16H,1-2H3;11,16H,7-10H2,1-6H3;/q-1;;/b;12-11-;. The van der Waals surface area contributed by atoms with Gasteiger partial charge in [-0.3, -0.25) is 9.78 Å². The van der Waals surface area contributed by atoms with E-state index in [0.717, 1.165) is 57.8 Å². The van der Waals surface area contributed by atoms with E-state index in [0.29, 0.717) is 10.6 Å². The number of nitrogens with zero attached hydrogens (tertiary/aromatic N) is 1. The molecule has 1 radical (unpaired) electrons. The summed E-state index contributed by atoms with van der Waals surface area (Å²) in [5, 5.41) is 17.0. The summed E-state index contributed by atoms with van der Waals surface area (Å²) in [6, 6.07) is 25.9. The topological polar surface area (TPSA) is 50.2 Å². The van der Waals surface area contributed by atoms with Crippen LogP contribution in [0.1, 0.15) is 92.6 Å². The van der Waals surface area contributed by atoms with Crippen LogP contribution in [0.3, 0.4) is 0 Å². The van der Waals surface area contributed by atoms with Gasteiger partial charge in [-0.2, -0.15) is 0 Å². The van der Waals surface area contributed by atoms with Gasteiger partial charge in [-0.15, -0.1) is 40.5 Å². The molecule has 259 valence electrons. The summed E-state index contributed by atoms with van der Waals surface area (Å²) in [6.45, 7) is 16.5. The largest absolute Gasteiger partial charge is 0.512 e. The summed E-state index contributed by atoms with van der Waals surface area (Å²) in [6.07, 6.45) is 6.58. The van der Waals surface area contributed by atoms with E-state index in [1.165, 1.54) is 45.2 Å². The van der Waals surface area contributed by atoms with Gasteiger partial charge >= 0.3 is 0 Å². The molecule has 0 bridgehead atoms. The van der Waals surface area contributed by atoms with Gasteiger partial charge in [0.25, 0.3) is 0 Å². The predicted molar refractivity (Wildman–Crippen MR) is 204 cm³/mol. The predicted octanol–water partition coefficient (Wildman–Crippen LogP) is 13.1. The number of thiophene rings is 1. The Labute approximate surface area is 308 Å². The maximum absolute atomic E-state index is 14.5. The molecular weight excluding hydrogens is 806 g/mol. The number of hydrogen-bond acceptors (Lipinski definition) is 4. The maximum atomic E-state index is 14.5. The number of pyridine rings is 1. The summed E-state index contributed by atoms with van der Waals surface area (Å²) in [5.41, 5.74) is 2.51. The zero-order chi connectivity index (χ0) is 34.8. The second-order valence-electron chi connectivity index (χ2n) is 13.7. The number of hydrogen-bond donors (Lipinski definition) is 1. The zero-order valence-electron chi connectivity index (χ0n) is 29.8. The first-order valence-electron chi connectivity index (χ1n) is 17.2. The first kappa shape index (κ1) is 38.4. The minimum Gasteiger partial charge on any atom is -0.512 e. The molecular formula is C43H47FIrNO2S-. The van der Waals surface area contributed by atoms with E-state index < -0.39 is 0 Å². The van der Waals surface area contributed by atoms with Crippen molar-refractivity contribution in [2.24, 2.45) is 10.8 Å². The number of fused-ring (bicyclic) bond motifs is 6. The van der Waals surface area contributed by atoms with Crippen molar-refractivity contribution in [2.75, 3.05) is 0 Å². The van der Waals surface area contributed by atoms with Gasteiger partial charge in [-0.25, -0.2) is 4.39 Å². The van der Waals surface area contributed by atoms with E-state index in [2.05, 4.69) is 62.4 Å². The molecule has 1 N–H and O–H groups in total. The van der Waals surface area contributed by atoms with E-state index >= 15 is 0 Å². The number of aliphatic hydroxyl groups is 1. The van der Waals surface area contributed by atoms with E-state index in [1.54, 1.807) is 6.07 Å². The molecule has 6 rings (SSSR count). The van der Waals surface area contributed by atoms with Gasteiger partial charge in [-0.1, -0.05) is 109 Å². The minimum absolute atomic E-state index is 0. The average molecular weight is 853 g/mol. The number of aliphatic hydroxyl groups excluding tert-OH is 1. The molecule has 2 aromatic heterocycles. The number of carbonyl (C=O) groups is 1. The van der Waals surface area contributed by atoms with Gasteiger partial charge in [-0.05, 0) is 59.9 Å². The van der Waals surface area contributed by atoms with Gasteiger partial charge in [0.2, 0.25) is 0 Å². The Morgan fingerprint density at radius 3 is 2.16 bits per heavy atom. The number of allylic oxidation sites excluding steroid dienone is 2. The number of aromatic nitrogens is 1. The monoisotopic (exact) mass is 853 g/mol.